The van der Waals surface area contributed by atoms with Gasteiger partial charge in [0.05, 0.1) is 11.3 Å². The van der Waals surface area contributed by atoms with Crippen molar-refractivity contribution in [3.63, 3.8) is 0 Å². The van der Waals surface area contributed by atoms with Crippen LogP contribution in [0.15, 0.2) is 83.8 Å². The van der Waals surface area contributed by atoms with Crippen molar-refractivity contribution in [1.82, 2.24) is 0 Å². The Morgan fingerprint density at radius 1 is 0.867 bits per heavy atom. The number of non-ortho nitro benzene ring substituents is 1. The van der Waals surface area contributed by atoms with Crippen molar-refractivity contribution in [3.8, 4) is 11.5 Å². The number of para-hydroxylation sites is 2. The van der Waals surface area contributed by atoms with Gasteiger partial charge in [0.1, 0.15) is 17.1 Å². The molecule has 0 N–H and O–H groups in total. The zero-order valence-electron chi connectivity index (χ0n) is 15.7. The Morgan fingerprint density at radius 3 is 2.23 bits per heavy atom. The molecule has 3 rings (SSSR count). The number of ether oxygens (including phenoxy) is 2. The maximum atomic E-state index is 12.4. The number of hydrogen-bond acceptors (Lipinski definition) is 7. The molecule has 0 aliphatic heterocycles. The van der Waals surface area contributed by atoms with Crippen molar-refractivity contribution in [2.45, 2.75) is 11.3 Å². The van der Waals surface area contributed by atoms with E-state index in [9.17, 15) is 19.7 Å². The van der Waals surface area contributed by atoms with Crippen LogP contribution in [0.5, 0.6) is 11.5 Å². The van der Waals surface area contributed by atoms with Gasteiger partial charge >= 0.3 is 11.9 Å². The molecule has 0 atom stereocenters. The van der Waals surface area contributed by atoms with Crippen molar-refractivity contribution in [1.29, 1.82) is 0 Å². The zero-order valence-corrected chi connectivity index (χ0v) is 16.5. The van der Waals surface area contributed by atoms with Gasteiger partial charge in [0.25, 0.3) is 5.69 Å². The van der Waals surface area contributed by atoms with E-state index in [1.807, 2.05) is 6.07 Å². The Balaban J connectivity index is 1.55. The molecule has 3 aromatic carbocycles. The van der Waals surface area contributed by atoms with E-state index in [0.717, 1.165) is 4.90 Å². The first kappa shape index (κ1) is 21.1. The Bertz CT molecular complexity index is 1040. The van der Waals surface area contributed by atoms with Crippen molar-refractivity contribution in [2.75, 3.05) is 5.75 Å². The molecule has 0 saturated heterocycles. The Morgan fingerprint density at radius 2 is 1.53 bits per heavy atom. The largest absolute Gasteiger partial charge is 0.426 e. The highest BCUT2D eigenvalue weighted by Crippen LogP contribution is 2.24. The summed E-state index contributed by atoms with van der Waals surface area (Å²) in [7, 11) is 0. The third-order valence-corrected chi connectivity index (χ3v) is 4.92. The Labute approximate surface area is 176 Å². The number of carbonyl (C=O) groups is 2. The zero-order chi connectivity index (χ0) is 21.3. The van der Waals surface area contributed by atoms with Crippen molar-refractivity contribution < 1.29 is 24.0 Å². The number of nitrogens with zero attached hydrogens (tertiary/aromatic N) is 1. The predicted octanol–water partition coefficient (Wildman–Crippen LogP) is 4.90. The minimum atomic E-state index is -0.621. The number of nitro groups is 1. The number of hydrogen-bond donors (Lipinski definition) is 0. The lowest BCUT2D eigenvalue weighted by atomic mass is 10.2. The molecule has 3 aromatic rings. The highest BCUT2D eigenvalue weighted by atomic mass is 32.2. The van der Waals surface area contributed by atoms with E-state index in [-0.39, 0.29) is 23.4 Å². The van der Waals surface area contributed by atoms with Crippen LogP contribution in [-0.2, 0) is 4.79 Å². The molecule has 0 aliphatic carbocycles. The van der Waals surface area contributed by atoms with E-state index >= 15 is 0 Å². The topological polar surface area (TPSA) is 95.7 Å². The lowest BCUT2D eigenvalue weighted by molar-refractivity contribution is -0.384. The fourth-order valence-corrected chi connectivity index (χ4v) is 3.30. The summed E-state index contributed by atoms with van der Waals surface area (Å²) >= 11 is 1.38. The molecule has 7 nitrogen and oxygen atoms in total. The van der Waals surface area contributed by atoms with Crippen molar-refractivity contribution >= 4 is 29.4 Å². The molecule has 152 valence electrons. The van der Waals surface area contributed by atoms with Crippen LogP contribution in [0, 0.1) is 10.1 Å². The van der Waals surface area contributed by atoms with E-state index in [2.05, 4.69) is 0 Å². The molecule has 0 fully saturated rings. The lowest BCUT2D eigenvalue weighted by Gasteiger charge is -2.10. The first-order chi connectivity index (χ1) is 14.5. The van der Waals surface area contributed by atoms with Gasteiger partial charge < -0.3 is 9.47 Å². The second-order valence-electron chi connectivity index (χ2n) is 6.02. The summed E-state index contributed by atoms with van der Waals surface area (Å²) in [5, 5.41) is 10.7. The van der Waals surface area contributed by atoms with Gasteiger partial charge in [-0.3, -0.25) is 14.9 Å². The quantitative estimate of drug-likeness (QED) is 0.167. The number of rotatable bonds is 8. The fraction of sp³-hybridized carbons (Fsp3) is 0.0909. The average molecular weight is 423 g/mol. The molecule has 0 amide bonds. The van der Waals surface area contributed by atoms with E-state index < -0.39 is 16.9 Å². The second-order valence-corrected chi connectivity index (χ2v) is 7.19. The van der Waals surface area contributed by atoms with Crippen molar-refractivity contribution in [2.24, 2.45) is 0 Å². The van der Waals surface area contributed by atoms with Gasteiger partial charge in [-0.25, -0.2) is 4.79 Å². The number of esters is 2. The van der Waals surface area contributed by atoms with Crippen LogP contribution in [0.1, 0.15) is 16.8 Å². The van der Waals surface area contributed by atoms with Crippen LogP contribution in [0.4, 0.5) is 5.69 Å². The normalized spacial score (nSPS) is 10.3. The van der Waals surface area contributed by atoms with Gasteiger partial charge in [-0.05, 0) is 36.4 Å². The number of nitro benzene ring substituents is 1. The lowest BCUT2D eigenvalue weighted by Crippen LogP contribution is -2.14. The van der Waals surface area contributed by atoms with E-state index in [0.29, 0.717) is 11.5 Å². The molecule has 0 heterocycles. The molecule has 0 bridgehead atoms. The molecule has 0 aliphatic rings. The molecule has 0 saturated carbocycles. The molecule has 8 heteroatoms. The van der Waals surface area contributed by atoms with Crippen LogP contribution in [-0.4, -0.2) is 22.6 Å². The monoisotopic (exact) mass is 423 g/mol. The Kier molecular flexibility index (Phi) is 7.18. The first-order valence-electron chi connectivity index (χ1n) is 8.97. The van der Waals surface area contributed by atoms with Gasteiger partial charge in [-0.2, -0.15) is 0 Å². The fourth-order valence-electron chi connectivity index (χ4n) is 2.46. The maximum absolute atomic E-state index is 12.4. The number of benzene rings is 3. The SMILES string of the molecule is O=C(CCSc1ccc([N+](=O)[O-])cc1)Oc1ccccc1C(=O)Oc1ccccc1. The molecule has 0 aromatic heterocycles. The third kappa shape index (κ3) is 5.92. The van der Waals surface area contributed by atoms with Crippen LogP contribution >= 0.6 is 11.8 Å². The van der Waals surface area contributed by atoms with Crippen LogP contribution in [0.25, 0.3) is 0 Å². The first-order valence-corrected chi connectivity index (χ1v) is 9.95. The predicted molar refractivity (Wildman–Crippen MR) is 112 cm³/mol. The molecule has 30 heavy (non-hydrogen) atoms. The third-order valence-electron chi connectivity index (χ3n) is 3.91. The molecule has 0 radical (unpaired) electrons. The Hall–Kier alpha value is -3.65. The molecular weight excluding hydrogens is 406 g/mol. The summed E-state index contributed by atoms with van der Waals surface area (Å²) in [6.45, 7) is 0. The number of carbonyl (C=O) groups excluding carboxylic acids is 2. The standard InChI is InChI=1S/C22H17NO6S/c24-21(14-15-30-18-12-10-16(11-13-18)23(26)27)29-20-9-5-4-8-19(20)22(25)28-17-6-2-1-3-7-17/h1-13H,14-15H2. The highest BCUT2D eigenvalue weighted by Gasteiger charge is 2.17. The van der Waals surface area contributed by atoms with E-state index in [4.69, 9.17) is 9.47 Å². The molecular formula is C22H17NO6S. The maximum Gasteiger partial charge on any atom is 0.347 e. The summed E-state index contributed by atoms with van der Waals surface area (Å²) in [6.07, 6.45) is 0.101. The van der Waals surface area contributed by atoms with Gasteiger partial charge in [-0.1, -0.05) is 30.3 Å². The number of thioether (sulfide) groups is 1. The van der Waals surface area contributed by atoms with Crippen LogP contribution in [0.2, 0.25) is 0 Å². The van der Waals surface area contributed by atoms with Gasteiger partial charge in [-0.15, -0.1) is 11.8 Å². The summed E-state index contributed by atoms with van der Waals surface area (Å²) in [5.74, 6) is -0.172. The smallest absolute Gasteiger partial charge is 0.347 e. The highest BCUT2D eigenvalue weighted by molar-refractivity contribution is 7.99. The van der Waals surface area contributed by atoms with Gasteiger partial charge in [0.2, 0.25) is 0 Å². The summed E-state index contributed by atoms with van der Waals surface area (Å²) < 4.78 is 10.7. The van der Waals surface area contributed by atoms with Crippen LogP contribution < -0.4 is 9.47 Å². The van der Waals surface area contributed by atoms with Gasteiger partial charge in [0, 0.05) is 22.8 Å². The minimum Gasteiger partial charge on any atom is -0.426 e. The van der Waals surface area contributed by atoms with E-state index in [1.54, 1.807) is 48.5 Å². The minimum absolute atomic E-state index is 0.0118. The van der Waals surface area contributed by atoms with E-state index in [1.165, 1.54) is 36.0 Å². The average Bonchev–Trinajstić information content (AvgIpc) is 2.75. The molecule has 0 spiro atoms. The second kappa shape index (κ2) is 10.2. The summed E-state index contributed by atoms with van der Waals surface area (Å²) in [4.78, 5) is 35.6. The van der Waals surface area contributed by atoms with Crippen molar-refractivity contribution in [3.05, 3.63) is 94.5 Å². The summed E-state index contributed by atoms with van der Waals surface area (Å²) in [5.41, 5.74) is 0.162. The summed E-state index contributed by atoms with van der Waals surface area (Å²) in [6, 6.07) is 21.1. The van der Waals surface area contributed by atoms with Gasteiger partial charge in [0.15, 0.2) is 0 Å². The van der Waals surface area contributed by atoms with Crippen LogP contribution in [0.3, 0.4) is 0 Å². The molecule has 0 unspecified atom stereocenters.